The van der Waals surface area contributed by atoms with Crippen LogP contribution in [0.15, 0.2) is 42.5 Å². The van der Waals surface area contributed by atoms with Crippen LogP contribution < -0.4 is 9.62 Å². The lowest BCUT2D eigenvalue weighted by Crippen LogP contribution is -2.38. The second-order valence-corrected chi connectivity index (χ2v) is 9.94. The van der Waals surface area contributed by atoms with Crippen LogP contribution in [0.25, 0.3) is 0 Å². The van der Waals surface area contributed by atoms with Gasteiger partial charge in [-0.3, -0.25) is 14.0 Å². The van der Waals surface area contributed by atoms with Crippen molar-refractivity contribution < 1.29 is 17.6 Å². The van der Waals surface area contributed by atoms with E-state index in [-0.39, 0.29) is 17.6 Å². The Labute approximate surface area is 181 Å². The van der Waals surface area contributed by atoms with Gasteiger partial charge in [0.2, 0.25) is 15.9 Å². The third-order valence-electron chi connectivity index (χ3n) is 5.38. The monoisotopic (exact) mass is 453 g/mol. The number of benzene rings is 2. The summed E-state index contributed by atoms with van der Waals surface area (Å²) in [5.74, 6) is -0.576. The van der Waals surface area contributed by atoms with Crippen LogP contribution in [0.1, 0.15) is 18.4 Å². The van der Waals surface area contributed by atoms with Gasteiger partial charge < -0.3 is 5.32 Å². The largest absolute Gasteiger partial charge is 0.326 e. The topological polar surface area (TPSA) is 69.7 Å². The Morgan fingerprint density at radius 2 is 1.90 bits per heavy atom. The number of carbonyl (C=O) groups is 1. The summed E-state index contributed by atoms with van der Waals surface area (Å²) in [4.78, 5) is 14.8. The van der Waals surface area contributed by atoms with E-state index < -0.39 is 10.0 Å². The number of halogens is 2. The van der Waals surface area contributed by atoms with Crippen LogP contribution in [0.3, 0.4) is 0 Å². The number of amides is 1. The second-order valence-electron chi connectivity index (χ2n) is 7.52. The molecule has 2 aromatic carbocycles. The summed E-state index contributed by atoms with van der Waals surface area (Å²) in [7, 11) is -1.91. The minimum absolute atomic E-state index is 0.0993. The Bertz CT molecular complexity index is 1000. The molecule has 1 amide bonds. The van der Waals surface area contributed by atoms with Crippen LogP contribution in [0.4, 0.5) is 15.8 Å². The molecule has 0 aromatic heterocycles. The zero-order valence-electron chi connectivity index (χ0n) is 16.9. The first-order valence-corrected chi connectivity index (χ1v) is 11.9. The molecule has 162 valence electrons. The first-order valence-electron chi connectivity index (χ1n) is 9.65. The van der Waals surface area contributed by atoms with E-state index in [9.17, 15) is 17.6 Å². The molecule has 9 heteroatoms. The highest BCUT2D eigenvalue weighted by Gasteiger charge is 2.26. The highest BCUT2D eigenvalue weighted by Crippen LogP contribution is 2.26. The molecule has 0 aliphatic carbocycles. The molecule has 1 aliphatic heterocycles. The van der Waals surface area contributed by atoms with Crippen LogP contribution in [0.5, 0.6) is 0 Å². The maximum Gasteiger partial charge on any atom is 0.231 e. The maximum atomic E-state index is 14.0. The van der Waals surface area contributed by atoms with Gasteiger partial charge in [-0.2, -0.15) is 0 Å². The number of likely N-dealkylation sites (tertiary alicyclic amines) is 1. The molecule has 0 atom stereocenters. The number of rotatable bonds is 6. The Kier molecular flexibility index (Phi) is 7.00. The molecule has 0 spiro atoms. The van der Waals surface area contributed by atoms with Gasteiger partial charge in [-0.05, 0) is 56.3 Å². The quantitative estimate of drug-likeness (QED) is 0.723. The minimum Gasteiger partial charge on any atom is -0.326 e. The molecule has 1 aliphatic rings. The summed E-state index contributed by atoms with van der Waals surface area (Å²) < 4.78 is 38.6. The molecule has 30 heavy (non-hydrogen) atoms. The smallest absolute Gasteiger partial charge is 0.231 e. The molecule has 1 fully saturated rings. The van der Waals surface area contributed by atoms with Gasteiger partial charge in [0, 0.05) is 35.8 Å². The van der Waals surface area contributed by atoms with Gasteiger partial charge in [-0.25, -0.2) is 12.8 Å². The number of sulfonamides is 1. The standard InChI is InChI=1S/C21H25ClFN3O3S/c1-25(30(2,28)29)17-6-3-5-16(13-17)24-21(27)15-9-11-26(12-10-15)14-18-19(22)7-4-8-20(18)23/h3-8,13,15H,9-12,14H2,1-2H3,(H,24,27). The van der Waals surface area contributed by atoms with Crippen molar-refractivity contribution in [2.24, 2.45) is 5.92 Å². The van der Waals surface area contributed by atoms with Crippen molar-refractivity contribution in [2.75, 3.05) is 36.0 Å². The Balaban J connectivity index is 1.57. The molecule has 1 N–H and O–H groups in total. The average Bonchev–Trinajstić information content (AvgIpc) is 2.70. The number of nitrogens with zero attached hydrogens (tertiary/aromatic N) is 2. The summed E-state index contributed by atoms with van der Waals surface area (Å²) in [5, 5.41) is 3.29. The Morgan fingerprint density at radius 1 is 1.23 bits per heavy atom. The van der Waals surface area contributed by atoms with Crippen molar-refractivity contribution in [1.29, 1.82) is 0 Å². The predicted octanol–water partition coefficient (Wildman–Crippen LogP) is 3.73. The van der Waals surface area contributed by atoms with Crippen molar-refractivity contribution >= 4 is 38.9 Å². The first-order chi connectivity index (χ1) is 14.1. The first kappa shape index (κ1) is 22.5. The van der Waals surface area contributed by atoms with Gasteiger partial charge in [-0.15, -0.1) is 0 Å². The predicted molar refractivity (Wildman–Crippen MR) is 118 cm³/mol. The fourth-order valence-electron chi connectivity index (χ4n) is 3.48. The van der Waals surface area contributed by atoms with Crippen LogP contribution in [0.2, 0.25) is 5.02 Å². The van der Waals surface area contributed by atoms with Crippen molar-refractivity contribution in [3.8, 4) is 0 Å². The second kappa shape index (κ2) is 9.32. The normalized spacial score (nSPS) is 15.7. The molecular formula is C21H25ClFN3O3S. The van der Waals surface area contributed by atoms with Crippen molar-refractivity contribution in [3.05, 3.63) is 58.9 Å². The average molecular weight is 454 g/mol. The minimum atomic E-state index is -3.38. The number of nitrogens with one attached hydrogen (secondary N) is 1. The van der Waals surface area contributed by atoms with Crippen molar-refractivity contribution in [1.82, 2.24) is 4.90 Å². The van der Waals surface area contributed by atoms with Crippen LogP contribution in [-0.4, -0.2) is 45.6 Å². The number of anilines is 2. The summed E-state index contributed by atoms with van der Waals surface area (Å²) in [6.45, 7) is 1.75. The number of piperidine rings is 1. The van der Waals surface area contributed by atoms with E-state index in [1.54, 1.807) is 36.4 Å². The third kappa shape index (κ3) is 5.50. The highest BCUT2D eigenvalue weighted by atomic mass is 35.5. The Morgan fingerprint density at radius 3 is 2.53 bits per heavy atom. The molecule has 0 unspecified atom stereocenters. The summed E-state index contributed by atoms with van der Waals surface area (Å²) in [6.07, 6.45) is 2.43. The van der Waals surface area contributed by atoms with E-state index in [1.165, 1.54) is 13.1 Å². The molecule has 0 saturated carbocycles. The van der Waals surface area contributed by atoms with Gasteiger partial charge in [0.05, 0.1) is 11.9 Å². The lowest BCUT2D eigenvalue weighted by atomic mass is 9.95. The fourth-order valence-corrected chi connectivity index (χ4v) is 4.19. The van der Waals surface area contributed by atoms with Crippen molar-refractivity contribution in [2.45, 2.75) is 19.4 Å². The van der Waals surface area contributed by atoms with Crippen LogP contribution in [-0.2, 0) is 21.4 Å². The van der Waals surface area contributed by atoms with Gasteiger partial charge in [0.1, 0.15) is 5.82 Å². The van der Waals surface area contributed by atoms with Gasteiger partial charge in [0.15, 0.2) is 0 Å². The molecule has 6 nitrogen and oxygen atoms in total. The zero-order valence-corrected chi connectivity index (χ0v) is 18.5. The molecule has 0 radical (unpaired) electrons. The third-order valence-corrected chi connectivity index (χ3v) is 6.94. The van der Waals surface area contributed by atoms with Crippen molar-refractivity contribution in [3.63, 3.8) is 0 Å². The van der Waals surface area contributed by atoms with E-state index in [4.69, 9.17) is 11.6 Å². The van der Waals surface area contributed by atoms with E-state index >= 15 is 0 Å². The van der Waals surface area contributed by atoms with Gasteiger partial charge in [-0.1, -0.05) is 23.7 Å². The fraction of sp³-hybridized carbons (Fsp3) is 0.381. The van der Waals surface area contributed by atoms with Gasteiger partial charge >= 0.3 is 0 Å². The van der Waals surface area contributed by atoms with E-state index in [2.05, 4.69) is 10.2 Å². The SMILES string of the molecule is CN(c1cccc(NC(=O)C2CCN(Cc3c(F)cccc3Cl)CC2)c1)S(C)(=O)=O. The molecule has 2 aromatic rings. The lowest BCUT2D eigenvalue weighted by molar-refractivity contribution is -0.121. The van der Waals surface area contributed by atoms with Gasteiger partial charge in [0.25, 0.3) is 0 Å². The Hall–Kier alpha value is -2.16. The lowest BCUT2D eigenvalue weighted by Gasteiger charge is -2.31. The van der Waals surface area contributed by atoms with E-state index in [0.29, 0.717) is 54.4 Å². The molecule has 3 rings (SSSR count). The maximum absolute atomic E-state index is 14.0. The molecular weight excluding hydrogens is 429 g/mol. The van der Waals surface area contributed by atoms with Crippen LogP contribution in [0, 0.1) is 11.7 Å². The summed E-state index contributed by atoms with van der Waals surface area (Å²) >= 11 is 6.11. The number of hydrogen-bond donors (Lipinski definition) is 1. The molecule has 1 saturated heterocycles. The van der Waals surface area contributed by atoms with E-state index in [0.717, 1.165) is 10.6 Å². The summed E-state index contributed by atoms with van der Waals surface area (Å²) in [6, 6.07) is 11.4. The van der Waals surface area contributed by atoms with E-state index in [1.807, 2.05) is 0 Å². The number of hydrogen-bond acceptors (Lipinski definition) is 4. The summed E-state index contributed by atoms with van der Waals surface area (Å²) in [5.41, 5.74) is 1.51. The molecule has 1 heterocycles. The highest BCUT2D eigenvalue weighted by molar-refractivity contribution is 7.92. The number of carbonyl (C=O) groups excluding carboxylic acids is 1. The molecule has 0 bridgehead atoms. The van der Waals surface area contributed by atoms with Crippen LogP contribution >= 0.6 is 11.6 Å². The zero-order chi connectivity index (χ0) is 21.9.